The van der Waals surface area contributed by atoms with Crippen LogP contribution < -0.4 is 15.2 Å². The normalized spacial score (nSPS) is 10.7. The molecule has 0 amide bonds. The molecule has 0 aliphatic heterocycles. The lowest BCUT2D eigenvalue weighted by Crippen LogP contribution is -1.98. The van der Waals surface area contributed by atoms with Crippen molar-refractivity contribution in [2.24, 2.45) is 0 Å². The number of ether oxygens (including phenoxy) is 2. The highest BCUT2D eigenvalue weighted by Crippen LogP contribution is 2.28. The molecule has 4 nitrogen and oxygen atoms in total. The van der Waals surface area contributed by atoms with Crippen molar-refractivity contribution in [3.8, 4) is 11.5 Å². The Morgan fingerprint density at radius 3 is 2.85 bits per heavy atom. The largest absolute Gasteiger partial charge is 0.497 e. The van der Waals surface area contributed by atoms with E-state index in [2.05, 4.69) is 11.1 Å². The van der Waals surface area contributed by atoms with Gasteiger partial charge < -0.3 is 15.2 Å². The molecule has 0 saturated carbocycles. The SMILES string of the molecule is COc1ccc(N)c(OCc2nc3ccccc3s2)c1. The Morgan fingerprint density at radius 2 is 2.05 bits per heavy atom. The van der Waals surface area contributed by atoms with Crippen LogP contribution in [0.25, 0.3) is 10.2 Å². The minimum Gasteiger partial charge on any atom is -0.497 e. The Morgan fingerprint density at radius 1 is 1.20 bits per heavy atom. The van der Waals surface area contributed by atoms with Gasteiger partial charge in [-0.25, -0.2) is 4.98 Å². The lowest BCUT2D eigenvalue weighted by atomic mass is 10.3. The van der Waals surface area contributed by atoms with Crippen LogP contribution >= 0.6 is 11.3 Å². The summed E-state index contributed by atoms with van der Waals surface area (Å²) in [5, 5.41) is 0.924. The van der Waals surface area contributed by atoms with Crippen LogP contribution in [0, 0.1) is 0 Å². The van der Waals surface area contributed by atoms with Gasteiger partial charge in [0.05, 0.1) is 23.0 Å². The molecule has 0 aliphatic rings. The lowest BCUT2D eigenvalue weighted by Gasteiger charge is -2.09. The van der Waals surface area contributed by atoms with Crippen molar-refractivity contribution in [3.63, 3.8) is 0 Å². The first-order valence-corrected chi connectivity index (χ1v) is 6.98. The van der Waals surface area contributed by atoms with E-state index >= 15 is 0 Å². The standard InChI is InChI=1S/C15H14N2O2S/c1-18-10-6-7-11(16)13(8-10)19-9-15-17-12-4-2-3-5-14(12)20-15/h2-8H,9,16H2,1H3. The first-order chi connectivity index (χ1) is 9.76. The highest BCUT2D eigenvalue weighted by molar-refractivity contribution is 7.18. The maximum Gasteiger partial charge on any atom is 0.146 e. The molecule has 20 heavy (non-hydrogen) atoms. The molecule has 3 rings (SSSR count). The molecular weight excluding hydrogens is 272 g/mol. The van der Waals surface area contributed by atoms with Crippen molar-refractivity contribution < 1.29 is 9.47 Å². The number of methoxy groups -OCH3 is 1. The van der Waals surface area contributed by atoms with E-state index in [1.54, 1.807) is 36.6 Å². The molecular formula is C15H14N2O2S. The van der Waals surface area contributed by atoms with Gasteiger partial charge in [0.2, 0.25) is 0 Å². The Labute approximate surface area is 120 Å². The Hall–Kier alpha value is -2.27. The summed E-state index contributed by atoms with van der Waals surface area (Å²) in [6.07, 6.45) is 0. The molecule has 0 aliphatic carbocycles. The van der Waals surface area contributed by atoms with Crippen LogP contribution in [0.3, 0.4) is 0 Å². The quantitative estimate of drug-likeness (QED) is 0.746. The third kappa shape index (κ3) is 2.53. The number of hydrogen-bond acceptors (Lipinski definition) is 5. The zero-order valence-corrected chi connectivity index (χ0v) is 11.8. The van der Waals surface area contributed by atoms with Crippen LogP contribution in [0.4, 0.5) is 5.69 Å². The summed E-state index contributed by atoms with van der Waals surface area (Å²) in [5.41, 5.74) is 7.47. The highest BCUT2D eigenvalue weighted by atomic mass is 32.1. The van der Waals surface area contributed by atoms with Gasteiger partial charge in [-0.1, -0.05) is 12.1 Å². The molecule has 1 heterocycles. The molecule has 102 valence electrons. The first kappa shape index (κ1) is 12.7. The summed E-state index contributed by atoms with van der Waals surface area (Å²) in [4.78, 5) is 4.52. The van der Waals surface area contributed by atoms with E-state index in [0.717, 1.165) is 21.0 Å². The number of nitrogens with two attached hydrogens (primary N) is 1. The van der Waals surface area contributed by atoms with E-state index in [-0.39, 0.29) is 0 Å². The van der Waals surface area contributed by atoms with Crippen molar-refractivity contribution >= 4 is 27.2 Å². The van der Waals surface area contributed by atoms with E-state index < -0.39 is 0 Å². The van der Waals surface area contributed by atoms with Crippen LogP contribution in [0.5, 0.6) is 11.5 Å². The third-order valence-corrected chi connectivity index (χ3v) is 3.92. The van der Waals surface area contributed by atoms with Crippen molar-refractivity contribution in [3.05, 3.63) is 47.5 Å². The van der Waals surface area contributed by atoms with Gasteiger partial charge in [0, 0.05) is 6.07 Å². The number of nitrogens with zero attached hydrogens (tertiary/aromatic N) is 1. The van der Waals surface area contributed by atoms with Gasteiger partial charge in [-0.15, -0.1) is 11.3 Å². The summed E-state index contributed by atoms with van der Waals surface area (Å²) < 4.78 is 12.1. The Kier molecular flexibility index (Phi) is 3.43. The molecule has 2 aromatic carbocycles. The van der Waals surface area contributed by atoms with E-state index in [1.165, 1.54) is 0 Å². The van der Waals surface area contributed by atoms with Crippen LogP contribution in [0.2, 0.25) is 0 Å². The average molecular weight is 286 g/mol. The molecule has 0 fully saturated rings. The third-order valence-electron chi connectivity index (χ3n) is 2.91. The predicted octanol–water partition coefficient (Wildman–Crippen LogP) is 3.47. The first-order valence-electron chi connectivity index (χ1n) is 6.17. The maximum absolute atomic E-state index is 5.89. The Balaban J connectivity index is 1.79. The number of thiazole rings is 1. The fraction of sp³-hybridized carbons (Fsp3) is 0.133. The van der Waals surface area contributed by atoms with Gasteiger partial charge in [-0.2, -0.15) is 0 Å². The monoisotopic (exact) mass is 286 g/mol. The predicted molar refractivity (Wildman–Crippen MR) is 81.4 cm³/mol. The van der Waals surface area contributed by atoms with Gasteiger partial charge in [-0.05, 0) is 24.3 Å². The summed E-state index contributed by atoms with van der Waals surface area (Å²) in [6, 6.07) is 13.4. The number of aromatic nitrogens is 1. The van der Waals surface area contributed by atoms with Crippen LogP contribution in [-0.4, -0.2) is 12.1 Å². The number of hydrogen-bond donors (Lipinski definition) is 1. The summed E-state index contributed by atoms with van der Waals surface area (Å²) in [5.74, 6) is 1.34. The van der Waals surface area contributed by atoms with Gasteiger partial charge in [-0.3, -0.25) is 0 Å². The van der Waals surface area contributed by atoms with Gasteiger partial charge >= 0.3 is 0 Å². The minimum atomic E-state index is 0.400. The zero-order valence-electron chi connectivity index (χ0n) is 11.0. The summed E-state index contributed by atoms with van der Waals surface area (Å²) in [6.45, 7) is 0.400. The van der Waals surface area contributed by atoms with E-state index in [4.69, 9.17) is 15.2 Å². The summed E-state index contributed by atoms with van der Waals surface area (Å²) >= 11 is 1.62. The fourth-order valence-electron chi connectivity index (χ4n) is 1.89. The van der Waals surface area contributed by atoms with Crippen LogP contribution in [0.15, 0.2) is 42.5 Å². The molecule has 0 atom stereocenters. The molecule has 3 aromatic rings. The second-order valence-corrected chi connectivity index (χ2v) is 5.38. The molecule has 5 heteroatoms. The molecule has 1 aromatic heterocycles. The number of nitrogen functional groups attached to an aromatic ring is 1. The van der Waals surface area contributed by atoms with Crippen molar-refractivity contribution in [1.29, 1.82) is 0 Å². The van der Waals surface area contributed by atoms with Gasteiger partial charge in [0.1, 0.15) is 23.1 Å². The highest BCUT2D eigenvalue weighted by Gasteiger charge is 2.07. The molecule has 0 saturated heterocycles. The number of para-hydroxylation sites is 1. The average Bonchev–Trinajstić information content (AvgIpc) is 2.89. The number of anilines is 1. The molecule has 0 radical (unpaired) electrons. The summed E-state index contributed by atoms with van der Waals surface area (Å²) in [7, 11) is 1.61. The second-order valence-electron chi connectivity index (χ2n) is 4.27. The molecule has 0 spiro atoms. The second kappa shape index (κ2) is 5.38. The number of rotatable bonds is 4. The Bertz CT molecular complexity index is 707. The number of benzene rings is 2. The fourth-order valence-corrected chi connectivity index (χ4v) is 2.77. The van der Waals surface area contributed by atoms with Crippen molar-refractivity contribution in [2.45, 2.75) is 6.61 Å². The zero-order chi connectivity index (χ0) is 13.9. The van der Waals surface area contributed by atoms with E-state index in [0.29, 0.717) is 18.0 Å². The van der Waals surface area contributed by atoms with E-state index in [9.17, 15) is 0 Å². The van der Waals surface area contributed by atoms with Gasteiger partial charge in [0.15, 0.2) is 0 Å². The maximum atomic E-state index is 5.89. The van der Waals surface area contributed by atoms with E-state index in [1.807, 2.05) is 18.2 Å². The molecule has 0 bridgehead atoms. The van der Waals surface area contributed by atoms with Crippen molar-refractivity contribution in [1.82, 2.24) is 4.98 Å². The van der Waals surface area contributed by atoms with Crippen LogP contribution in [0.1, 0.15) is 5.01 Å². The number of fused-ring (bicyclic) bond motifs is 1. The molecule has 2 N–H and O–H groups in total. The molecule has 0 unspecified atom stereocenters. The van der Waals surface area contributed by atoms with Gasteiger partial charge in [0.25, 0.3) is 0 Å². The lowest BCUT2D eigenvalue weighted by molar-refractivity contribution is 0.305. The smallest absolute Gasteiger partial charge is 0.146 e. The topological polar surface area (TPSA) is 57.4 Å². The van der Waals surface area contributed by atoms with Crippen molar-refractivity contribution in [2.75, 3.05) is 12.8 Å². The van der Waals surface area contributed by atoms with Crippen LogP contribution in [-0.2, 0) is 6.61 Å². The minimum absolute atomic E-state index is 0.400.